The van der Waals surface area contributed by atoms with Crippen molar-refractivity contribution in [3.63, 3.8) is 0 Å². The number of aromatic nitrogens is 6. The molecular formula is C13H17N7. The molecule has 0 spiro atoms. The van der Waals surface area contributed by atoms with E-state index in [2.05, 4.69) is 37.5 Å². The van der Waals surface area contributed by atoms with Crippen molar-refractivity contribution in [3.8, 4) is 0 Å². The second kappa shape index (κ2) is 4.59. The number of hydrogen-bond donors (Lipinski definition) is 2. The summed E-state index contributed by atoms with van der Waals surface area (Å²) in [5.41, 5.74) is 4.09. The molecule has 0 radical (unpaired) electrons. The quantitative estimate of drug-likeness (QED) is 0.756. The van der Waals surface area contributed by atoms with E-state index in [1.807, 2.05) is 20.9 Å². The number of H-pyrrole nitrogens is 1. The molecule has 2 N–H and O–H groups in total. The third-order valence-corrected chi connectivity index (χ3v) is 3.48. The van der Waals surface area contributed by atoms with Gasteiger partial charge in [-0.1, -0.05) is 0 Å². The van der Waals surface area contributed by atoms with E-state index in [0.29, 0.717) is 6.54 Å². The summed E-state index contributed by atoms with van der Waals surface area (Å²) in [5, 5.41) is 15.7. The lowest BCUT2D eigenvalue weighted by atomic mass is 10.2. The molecule has 0 unspecified atom stereocenters. The highest BCUT2D eigenvalue weighted by atomic mass is 15.3. The zero-order valence-corrected chi connectivity index (χ0v) is 12.0. The van der Waals surface area contributed by atoms with Gasteiger partial charge in [-0.2, -0.15) is 10.2 Å². The number of nitrogens with zero attached hydrogens (tertiary/aromatic N) is 5. The lowest BCUT2D eigenvalue weighted by molar-refractivity contribution is 0.783. The maximum absolute atomic E-state index is 4.45. The minimum Gasteiger partial charge on any atom is -0.364 e. The zero-order valence-electron chi connectivity index (χ0n) is 12.0. The average Bonchev–Trinajstić information content (AvgIpc) is 2.93. The smallest absolute Gasteiger partial charge is 0.163 e. The molecule has 0 saturated heterocycles. The third-order valence-electron chi connectivity index (χ3n) is 3.48. The fourth-order valence-electron chi connectivity index (χ4n) is 2.14. The summed E-state index contributed by atoms with van der Waals surface area (Å²) in [6, 6.07) is 0. The van der Waals surface area contributed by atoms with Crippen molar-refractivity contribution >= 4 is 16.9 Å². The second-order valence-corrected chi connectivity index (χ2v) is 4.90. The number of anilines is 1. The Morgan fingerprint density at radius 1 is 1.25 bits per heavy atom. The summed E-state index contributed by atoms with van der Waals surface area (Å²) >= 11 is 0. The third kappa shape index (κ3) is 2.01. The highest BCUT2D eigenvalue weighted by Crippen LogP contribution is 2.20. The molecule has 0 aliphatic carbocycles. The molecule has 0 aromatic carbocycles. The van der Waals surface area contributed by atoms with Crippen LogP contribution < -0.4 is 5.32 Å². The van der Waals surface area contributed by atoms with Gasteiger partial charge < -0.3 is 5.32 Å². The Bertz CT molecular complexity index is 768. The van der Waals surface area contributed by atoms with E-state index in [9.17, 15) is 0 Å². The SMILES string of the molecule is Cc1nc(NCc2n[nH]c(C)c2C)c2cnn(C)c2n1. The van der Waals surface area contributed by atoms with Crippen LogP contribution in [0.25, 0.3) is 11.0 Å². The van der Waals surface area contributed by atoms with Crippen molar-refractivity contribution in [3.05, 3.63) is 29.0 Å². The van der Waals surface area contributed by atoms with Gasteiger partial charge >= 0.3 is 0 Å². The molecule has 3 rings (SSSR count). The molecule has 0 amide bonds. The normalized spacial score (nSPS) is 11.2. The first-order chi connectivity index (χ1) is 9.56. The number of aromatic amines is 1. The van der Waals surface area contributed by atoms with E-state index in [1.165, 1.54) is 5.56 Å². The molecule has 0 bridgehead atoms. The van der Waals surface area contributed by atoms with Crippen molar-refractivity contribution in [2.75, 3.05) is 5.32 Å². The summed E-state index contributed by atoms with van der Waals surface area (Å²) in [5.74, 6) is 1.51. The van der Waals surface area contributed by atoms with Gasteiger partial charge in [0.15, 0.2) is 5.65 Å². The summed E-state index contributed by atoms with van der Waals surface area (Å²) in [4.78, 5) is 8.85. The minimum absolute atomic E-state index is 0.622. The lowest BCUT2D eigenvalue weighted by Crippen LogP contribution is -2.05. The molecule has 3 aromatic heterocycles. The van der Waals surface area contributed by atoms with Crippen molar-refractivity contribution in [1.82, 2.24) is 29.9 Å². The van der Waals surface area contributed by atoms with Gasteiger partial charge in [0.25, 0.3) is 0 Å². The van der Waals surface area contributed by atoms with E-state index in [4.69, 9.17) is 0 Å². The van der Waals surface area contributed by atoms with Crippen LogP contribution in [0.2, 0.25) is 0 Å². The highest BCUT2D eigenvalue weighted by Gasteiger charge is 2.11. The molecule has 3 aromatic rings. The Balaban J connectivity index is 1.93. The van der Waals surface area contributed by atoms with Crippen molar-refractivity contribution < 1.29 is 0 Å². The Labute approximate surface area is 116 Å². The first kappa shape index (κ1) is 12.6. The van der Waals surface area contributed by atoms with Gasteiger partial charge in [0, 0.05) is 12.7 Å². The fraction of sp³-hybridized carbons (Fsp3) is 0.385. The van der Waals surface area contributed by atoms with E-state index in [1.54, 1.807) is 10.9 Å². The first-order valence-corrected chi connectivity index (χ1v) is 6.47. The van der Waals surface area contributed by atoms with Crippen LogP contribution in [-0.4, -0.2) is 29.9 Å². The van der Waals surface area contributed by atoms with E-state index < -0.39 is 0 Å². The molecule has 0 aliphatic rings. The Kier molecular flexibility index (Phi) is 2.89. The molecule has 0 fully saturated rings. The van der Waals surface area contributed by atoms with Crippen LogP contribution in [0.4, 0.5) is 5.82 Å². The predicted molar refractivity (Wildman–Crippen MR) is 76.4 cm³/mol. The topological polar surface area (TPSA) is 84.3 Å². The van der Waals surface area contributed by atoms with Crippen LogP contribution >= 0.6 is 0 Å². The zero-order chi connectivity index (χ0) is 14.3. The van der Waals surface area contributed by atoms with E-state index in [-0.39, 0.29) is 0 Å². The Morgan fingerprint density at radius 2 is 2.05 bits per heavy atom. The predicted octanol–water partition coefficient (Wildman–Crippen LogP) is 1.62. The van der Waals surface area contributed by atoms with Crippen molar-refractivity contribution in [2.24, 2.45) is 7.05 Å². The average molecular weight is 271 g/mol. The maximum atomic E-state index is 4.45. The van der Waals surface area contributed by atoms with Gasteiger partial charge in [0.1, 0.15) is 11.6 Å². The summed E-state index contributed by atoms with van der Waals surface area (Å²) in [7, 11) is 1.87. The monoisotopic (exact) mass is 271 g/mol. The molecular weight excluding hydrogens is 254 g/mol. The lowest BCUT2D eigenvalue weighted by Gasteiger charge is -2.06. The number of fused-ring (bicyclic) bond motifs is 1. The second-order valence-electron chi connectivity index (χ2n) is 4.90. The largest absolute Gasteiger partial charge is 0.364 e. The number of rotatable bonds is 3. The molecule has 20 heavy (non-hydrogen) atoms. The van der Waals surface area contributed by atoms with Gasteiger partial charge in [-0.15, -0.1) is 0 Å². The van der Waals surface area contributed by atoms with Gasteiger partial charge in [0.05, 0.1) is 23.8 Å². The highest BCUT2D eigenvalue weighted by molar-refractivity contribution is 5.86. The van der Waals surface area contributed by atoms with Gasteiger partial charge in [-0.25, -0.2) is 9.97 Å². The summed E-state index contributed by atoms with van der Waals surface area (Å²) < 4.78 is 1.75. The number of hydrogen-bond acceptors (Lipinski definition) is 5. The molecule has 0 aliphatic heterocycles. The Hall–Kier alpha value is -2.44. The number of aryl methyl sites for hydroxylation is 3. The van der Waals surface area contributed by atoms with Crippen LogP contribution in [0, 0.1) is 20.8 Å². The molecule has 104 valence electrons. The standard InChI is InChI=1S/C13H17N7/c1-7-8(2)18-19-11(7)6-14-12-10-5-15-20(4)13(10)17-9(3)16-12/h5H,6H2,1-4H3,(H,18,19)(H,14,16,17). The summed E-state index contributed by atoms with van der Waals surface area (Å²) in [6.07, 6.45) is 1.78. The minimum atomic E-state index is 0.622. The van der Waals surface area contributed by atoms with Gasteiger partial charge in [0.2, 0.25) is 0 Å². The van der Waals surface area contributed by atoms with Gasteiger partial charge in [-0.05, 0) is 26.3 Å². The number of nitrogens with one attached hydrogen (secondary N) is 2. The molecule has 3 heterocycles. The van der Waals surface area contributed by atoms with Crippen LogP contribution in [0.15, 0.2) is 6.20 Å². The van der Waals surface area contributed by atoms with E-state index >= 15 is 0 Å². The van der Waals surface area contributed by atoms with Crippen molar-refractivity contribution in [2.45, 2.75) is 27.3 Å². The summed E-state index contributed by atoms with van der Waals surface area (Å²) in [6.45, 7) is 6.57. The fourth-order valence-corrected chi connectivity index (χ4v) is 2.14. The van der Waals surface area contributed by atoms with E-state index in [0.717, 1.165) is 34.1 Å². The first-order valence-electron chi connectivity index (χ1n) is 6.47. The van der Waals surface area contributed by atoms with Crippen LogP contribution in [0.1, 0.15) is 22.8 Å². The molecule has 0 saturated carbocycles. The molecule has 7 nitrogen and oxygen atoms in total. The van der Waals surface area contributed by atoms with Crippen LogP contribution in [0.3, 0.4) is 0 Å². The van der Waals surface area contributed by atoms with Crippen molar-refractivity contribution in [1.29, 1.82) is 0 Å². The molecule has 0 atom stereocenters. The van der Waals surface area contributed by atoms with Gasteiger partial charge in [-0.3, -0.25) is 9.78 Å². The van der Waals surface area contributed by atoms with Crippen LogP contribution in [0.5, 0.6) is 0 Å². The van der Waals surface area contributed by atoms with Crippen LogP contribution in [-0.2, 0) is 13.6 Å². The maximum Gasteiger partial charge on any atom is 0.163 e. The Morgan fingerprint density at radius 3 is 2.75 bits per heavy atom. The molecule has 7 heteroatoms.